The molecule has 0 aliphatic carbocycles. The van der Waals surface area contributed by atoms with E-state index >= 15 is 0 Å². The van der Waals surface area contributed by atoms with E-state index in [0.717, 1.165) is 19.4 Å². The van der Waals surface area contributed by atoms with Crippen molar-refractivity contribution in [3.05, 3.63) is 0 Å². The van der Waals surface area contributed by atoms with Gasteiger partial charge in [-0.3, -0.25) is 0 Å². The Bertz CT molecular complexity index is 270. The summed E-state index contributed by atoms with van der Waals surface area (Å²) in [6.45, 7) is 0.392. The summed E-state index contributed by atoms with van der Waals surface area (Å²) >= 11 is 0. The molecule has 1 rings (SSSR count). The third-order valence-corrected chi connectivity index (χ3v) is 2.91. The molecule has 1 N–H and O–H groups in total. The van der Waals surface area contributed by atoms with E-state index in [-0.39, 0.29) is 6.04 Å². The molecule has 0 aromatic heterocycles. The number of urea groups is 1. The second kappa shape index (κ2) is 5.57. The molecule has 0 radical (unpaired) electrons. The van der Waals surface area contributed by atoms with Crippen molar-refractivity contribution >= 4 is 6.03 Å². The first-order chi connectivity index (χ1) is 7.79. The molecule has 1 heterocycles. The first kappa shape index (κ1) is 14.1. The van der Waals surface area contributed by atoms with Crippen molar-refractivity contribution < 1.29 is 18.0 Å². The highest BCUT2D eigenvalue weighted by molar-refractivity contribution is 5.74. The number of halogens is 3. The van der Waals surface area contributed by atoms with Crippen molar-refractivity contribution in [1.82, 2.24) is 15.1 Å². The van der Waals surface area contributed by atoms with Gasteiger partial charge in [-0.15, -0.1) is 0 Å². The number of alkyl halides is 3. The third-order valence-electron chi connectivity index (χ3n) is 2.91. The maximum atomic E-state index is 11.9. The van der Waals surface area contributed by atoms with Crippen LogP contribution in [0.1, 0.15) is 12.8 Å². The maximum absolute atomic E-state index is 11.9. The van der Waals surface area contributed by atoms with Gasteiger partial charge in [-0.1, -0.05) is 0 Å². The zero-order chi connectivity index (χ0) is 13.1. The number of rotatable bonds is 2. The molecule has 100 valence electrons. The molecule has 17 heavy (non-hydrogen) atoms. The standard InChI is InChI=1S/C10H18F3N3O/c1-15-5-3-4-8(6-15)16(2)9(17)14-7-10(11,12)13/h8H,3-7H2,1-2H3,(H,14,17). The van der Waals surface area contributed by atoms with Gasteiger partial charge in [0.25, 0.3) is 0 Å². The number of likely N-dealkylation sites (tertiary alicyclic amines) is 1. The number of likely N-dealkylation sites (N-methyl/N-ethyl adjacent to an activating group) is 2. The number of hydrogen-bond acceptors (Lipinski definition) is 2. The average molecular weight is 253 g/mol. The van der Waals surface area contributed by atoms with Crippen LogP contribution in [-0.4, -0.2) is 61.8 Å². The monoisotopic (exact) mass is 253 g/mol. The van der Waals surface area contributed by atoms with Crippen LogP contribution >= 0.6 is 0 Å². The van der Waals surface area contributed by atoms with E-state index in [2.05, 4.69) is 4.90 Å². The summed E-state index contributed by atoms with van der Waals surface area (Å²) in [7, 11) is 3.48. The predicted octanol–water partition coefficient (Wildman–Crippen LogP) is 1.28. The van der Waals surface area contributed by atoms with Crippen LogP contribution in [0.2, 0.25) is 0 Å². The Morgan fingerprint density at radius 2 is 2.18 bits per heavy atom. The fourth-order valence-electron chi connectivity index (χ4n) is 1.92. The summed E-state index contributed by atoms with van der Waals surface area (Å²) in [6.07, 6.45) is -2.57. The van der Waals surface area contributed by atoms with E-state index in [1.165, 1.54) is 11.9 Å². The summed E-state index contributed by atoms with van der Waals surface area (Å²) in [6, 6.07) is -0.676. The molecule has 2 amide bonds. The minimum Gasteiger partial charge on any atom is -0.329 e. The van der Waals surface area contributed by atoms with Crippen molar-refractivity contribution in [3.8, 4) is 0 Å². The molecular formula is C10H18F3N3O. The van der Waals surface area contributed by atoms with E-state index in [1.807, 2.05) is 12.4 Å². The lowest BCUT2D eigenvalue weighted by molar-refractivity contribution is -0.123. The Morgan fingerprint density at radius 3 is 2.71 bits per heavy atom. The molecule has 1 fully saturated rings. The number of carbonyl (C=O) groups excluding carboxylic acids is 1. The Morgan fingerprint density at radius 1 is 1.53 bits per heavy atom. The second-order valence-electron chi connectivity index (χ2n) is 4.44. The van der Waals surface area contributed by atoms with Gasteiger partial charge in [0.15, 0.2) is 0 Å². The van der Waals surface area contributed by atoms with E-state index in [1.54, 1.807) is 0 Å². The van der Waals surface area contributed by atoms with Crippen LogP contribution in [0.4, 0.5) is 18.0 Å². The molecule has 1 aliphatic heterocycles. The largest absolute Gasteiger partial charge is 0.405 e. The summed E-state index contributed by atoms with van der Waals surface area (Å²) < 4.78 is 35.8. The normalized spacial score (nSPS) is 22.3. The van der Waals surface area contributed by atoms with Crippen molar-refractivity contribution in [2.45, 2.75) is 25.1 Å². The zero-order valence-corrected chi connectivity index (χ0v) is 10.0. The maximum Gasteiger partial charge on any atom is 0.405 e. The summed E-state index contributed by atoms with van der Waals surface area (Å²) in [5, 5.41) is 1.88. The number of nitrogens with zero attached hydrogens (tertiary/aromatic N) is 2. The molecule has 1 saturated heterocycles. The first-order valence-electron chi connectivity index (χ1n) is 5.55. The fraction of sp³-hybridized carbons (Fsp3) is 0.900. The van der Waals surface area contributed by atoms with Crippen LogP contribution in [0.15, 0.2) is 0 Å². The second-order valence-corrected chi connectivity index (χ2v) is 4.44. The van der Waals surface area contributed by atoms with Crippen molar-refractivity contribution in [3.63, 3.8) is 0 Å². The average Bonchev–Trinajstić information content (AvgIpc) is 2.24. The molecule has 7 heteroatoms. The molecule has 0 saturated carbocycles. The molecule has 1 aliphatic rings. The molecule has 1 unspecified atom stereocenters. The minimum absolute atomic E-state index is 0.0121. The van der Waals surface area contributed by atoms with E-state index < -0.39 is 18.8 Å². The Balaban J connectivity index is 2.40. The van der Waals surface area contributed by atoms with Crippen LogP contribution in [0, 0.1) is 0 Å². The van der Waals surface area contributed by atoms with Gasteiger partial charge in [-0.25, -0.2) is 4.79 Å². The number of carbonyl (C=O) groups is 1. The van der Waals surface area contributed by atoms with Crippen LogP contribution in [0.5, 0.6) is 0 Å². The van der Waals surface area contributed by atoms with Gasteiger partial charge in [-0.05, 0) is 26.4 Å². The topological polar surface area (TPSA) is 35.6 Å². The number of hydrogen-bond donors (Lipinski definition) is 1. The van der Waals surface area contributed by atoms with Crippen LogP contribution in [-0.2, 0) is 0 Å². The van der Waals surface area contributed by atoms with Crippen LogP contribution in [0.25, 0.3) is 0 Å². The van der Waals surface area contributed by atoms with Gasteiger partial charge in [0.1, 0.15) is 6.54 Å². The number of piperidine rings is 1. The molecule has 1 atom stereocenters. The minimum atomic E-state index is -4.36. The summed E-state index contributed by atoms with van der Waals surface area (Å²) in [4.78, 5) is 14.9. The number of nitrogens with one attached hydrogen (secondary N) is 1. The van der Waals surface area contributed by atoms with E-state index in [4.69, 9.17) is 0 Å². The smallest absolute Gasteiger partial charge is 0.329 e. The van der Waals surface area contributed by atoms with Gasteiger partial charge >= 0.3 is 12.2 Å². The van der Waals surface area contributed by atoms with E-state index in [9.17, 15) is 18.0 Å². The van der Waals surface area contributed by atoms with Gasteiger partial charge in [0.2, 0.25) is 0 Å². The Labute approximate surface area is 98.7 Å². The molecule has 0 spiro atoms. The van der Waals surface area contributed by atoms with Crippen molar-refractivity contribution in [2.75, 3.05) is 33.7 Å². The highest BCUT2D eigenvalue weighted by Gasteiger charge is 2.30. The Kier molecular flexibility index (Phi) is 4.62. The molecule has 0 aromatic rings. The van der Waals surface area contributed by atoms with Gasteiger partial charge in [0.05, 0.1) is 0 Å². The number of amides is 2. The Hall–Kier alpha value is -0.980. The quantitative estimate of drug-likeness (QED) is 0.804. The lowest BCUT2D eigenvalue weighted by atomic mass is 10.1. The fourth-order valence-corrected chi connectivity index (χ4v) is 1.92. The molecule has 0 aromatic carbocycles. The molecular weight excluding hydrogens is 235 g/mol. The van der Waals surface area contributed by atoms with E-state index in [0.29, 0.717) is 6.54 Å². The summed E-state index contributed by atoms with van der Waals surface area (Å²) in [5.74, 6) is 0. The van der Waals surface area contributed by atoms with Crippen molar-refractivity contribution in [1.29, 1.82) is 0 Å². The van der Waals surface area contributed by atoms with Gasteiger partial charge in [-0.2, -0.15) is 13.2 Å². The molecule has 0 bridgehead atoms. The highest BCUT2D eigenvalue weighted by atomic mass is 19.4. The lowest BCUT2D eigenvalue weighted by Gasteiger charge is -2.35. The predicted molar refractivity (Wildman–Crippen MR) is 57.7 cm³/mol. The van der Waals surface area contributed by atoms with Gasteiger partial charge in [0, 0.05) is 19.6 Å². The lowest BCUT2D eigenvalue weighted by Crippen LogP contribution is -2.51. The van der Waals surface area contributed by atoms with Gasteiger partial charge < -0.3 is 15.1 Å². The third kappa shape index (κ3) is 4.80. The van der Waals surface area contributed by atoms with Crippen LogP contribution < -0.4 is 5.32 Å². The zero-order valence-electron chi connectivity index (χ0n) is 10.0. The molecule has 4 nitrogen and oxygen atoms in total. The SMILES string of the molecule is CN1CCCC(N(C)C(=O)NCC(F)(F)F)C1. The first-order valence-corrected chi connectivity index (χ1v) is 5.55. The summed E-state index contributed by atoms with van der Waals surface area (Å²) in [5.41, 5.74) is 0. The highest BCUT2D eigenvalue weighted by Crippen LogP contribution is 2.15. The van der Waals surface area contributed by atoms with Crippen LogP contribution in [0.3, 0.4) is 0 Å². The van der Waals surface area contributed by atoms with Crippen molar-refractivity contribution in [2.24, 2.45) is 0 Å².